The Morgan fingerprint density at radius 3 is 2.60 bits per heavy atom. The molecule has 5 rings (SSSR count). The third kappa shape index (κ3) is 6.88. The molecule has 1 amide bonds. The molecule has 1 N–H and O–H groups in total. The van der Waals surface area contributed by atoms with Crippen LogP contribution < -0.4 is 0 Å². The predicted molar refractivity (Wildman–Crippen MR) is 157 cm³/mol. The summed E-state index contributed by atoms with van der Waals surface area (Å²) < 4.78 is 6.06. The number of esters is 1. The van der Waals surface area contributed by atoms with Crippen molar-refractivity contribution in [1.29, 1.82) is 0 Å². The molecule has 6 nitrogen and oxygen atoms in total. The van der Waals surface area contributed by atoms with Gasteiger partial charge in [0.25, 0.3) is 0 Å². The van der Waals surface area contributed by atoms with Gasteiger partial charge in [-0.15, -0.1) is 0 Å². The highest BCUT2D eigenvalue weighted by Gasteiger charge is 2.54. The van der Waals surface area contributed by atoms with E-state index in [1.54, 1.807) is 6.07 Å². The third-order valence-corrected chi connectivity index (χ3v) is 9.68. The lowest BCUT2D eigenvalue weighted by atomic mass is 9.56. The number of carbonyl (C=O) groups is 2. The molecule has 1 saturated heterocycles. The van der Waals surface area contributed by atoms with Gasteiger partial charge in [-0.3, -0.25) is 9.59 Å². The number of rotatable bonds is 11. The van der Waals surface area contributed by atoms with Crippen molar-refractivity contribution in [3.05, 3.63) is 65.7 Å². The molecule has 216 valence electrons. The number of amides is 1. The van der Waals surface area contributed by atoms with Crippen LogP contribution in [-0.4, -0.2) is 65.6 Å². The molecule has 2 aliphatic carbocycles. The van der Waals surface area contributed by atoms with E-state index in [-0.39, 0.29) is 41.1 Å². The van der Waals surface area contributed by atoms with Crippen LogP contribution in [0.5, 0.6) is 5.75 Å². The van der Waals surface area contributed by atoms with E-state index in [9.17, 15) is 14.7 Å². The second-order valence-electron chi connectivity index (χ2n) is 12.6. The molecule has 2 aromatic carbocycles. The molecule has 2 saturated carbocycles. The molecule has 2 aromatic rings. The molecule has 0 spiro atoms. The fourth-order valence-corrected chi connectivity index (χ4v) is 7.32. The normalized spacial score (nSPS) is 26.6. The minimum atomic E-state index is -0.262. The summed E-state index contributed by atoms with van der Waals surface area (Å²) in [6, 6.07) is 18.1. The third-order valence-electron chi connectivity index (χ3n) is 9.68. The van der Waals surface area contributed by atoms with Crippen LogP contribution in [0.2, 0.25) is 0 Å². The standard InChI is InChI=1S/C34H46N2O4/c1-25(37)40-32-21-29(35(2)33(39)15-8-4-7-12-26-10-5-3-6-11-26)22-34(28-13-9-14-30(38)20-28)18-19-36(24-31(32)34)23-27-16-17-27/h3,5-6,9-11,13-14,20,27,29,31-32,38H,4,7-8,12,15-19,21-24H2,1-2H3/t29-,31-,32?,34-/m0/s1. The van der Waals surface area contributed by atoms with Gasteiger partial charge in [-0.2, -0.15) is 0 Å². The number of benzene rings is 2. The second kappa shape index (κ2) is 12.8. The SMILES string of the molecule is CC(=O)OC1C[C@H](N(C)C(=O)CCCCCc2ccccc2)C[C@]2(c3cccc(O)c3)CCN(CC3CC3)C[C@@H]12. The molecule has 4 atom stereocenters. The molecule has 1 unspecified atom stereocenters. The largest absolute Gasteiger partial charge is 0.508 e. The molecule has 3 aliphatic rings. The van der Waals surface area contributed by atoms with Crippen LogP contribution in [0.1, 0.15) is 75.8 Å². The molecule has 40 heavy (non-hydrogen) atoms. The van der Waals surface area contributed by atoms with Gasteiger partial charge < -0.3 is 19.6 Å². The monoisotopic (exact) mass is 546 g/mol. The van der Waals surface area contributed by atoms with Crippen LogP contribution in [0.4, 0.5) is 0 Å². The number of nitrogens with zero attached hydrogens (tertiary/aromatic N) is 2. The summed E-state index contributed by atoms with van der Waals surface area (Å²) in [4.78, 5) is 30.2. The Morgan fingerprint density at radius 2 is 1.88 bits per heavy atom. The van der Waals surface area contributed by atoms with Crippen LogP contribution in [0.3, 0.4) is 0 Å². The van der Waals surface area contributed by atoms with E-state index in [1.165, 1.54) is 25.3 Å². The quantitative estimate of drug-likeness (QED) is 0.289. The van der Waals surface area contributed by atoms with Gasteiger partial charge in [-0.05, 0) is 80.7 Å². The van der Waals surface area contributed by atoms with Crippen molar-refractivity contribution in [2.24, 2.45) is 11.8 Å². The fraction of sp³-hybridized carbons (Fsp3) is 0.588. The van der Waals surface area contributed by atoms with Gasteiger partial charge in [0, 0.05) is 57.3 Å². The summed E-state index contributed by atoms with van der Waals surface area (Å²) >= 11 is 0. The number of carbonyl (C=O) groups excluding carboxylic acids is 2. The van der Waals surface area contributed by atoms with E-state index in [1.807, 2.05) is 30.1 Å². The molecule has 0 bridgehead atoms. The number of aromatic hydroxyl groups is 1. The maximum absolute atomic E-state index is 13.4. The highest BCUT2D eigenvalue weighted by molar-refractivity contribution is 5.76. The first-order chi connectivity index (χ1) is 19.3. The number of hydrogen-bond acceptors (Lipinski definition) is 5. The zero-order chi connectivity index (χ0) is 28.1. The minimum absolute atomic E-state index is 0.0188. The van der Waals surface area contributed by atoms with Crippen molar-refractivity contribution in [1.82, 2.24) is 9.80 Å². The summed E-state index contributed by atoms with van der Waals surface area (Å²) in [5.74, 6) is 1.10. The van der Waals surface area contributed by atoms with Crippen molar-refractivity contribution in [2.75, 3.05) is 26.7 Å². The molecule has 0 aromatic heterocycles. The van der Waals surface area contributed by atoms with Crippen molar-refractivity contribution in [2.45, 2.75) is 88.7 Å². The Morgan fingerprint density at radius 1 is 1.07 bits per heavy atom. The van der Waals surface area contributed by atoms with Gasteiger partial charge in [0.05, 0.1) is 0 Å². The zero-order valence-corrected chi connectivity index (χ0v) is 24.3. The number of fused-ring (bicyclic) bond motifs is 1. The van der Waals surface area contributed by atoms with E-state index in [4.69, 9.17) is 4.74 Å². The van der Waals surface area contributed by atoms with E-state index in [0.717, 1.165) is 69.6 Å². The number of ether oxygens (including phenoxy) is 1. The lowest BCUT2D eigenvalue weighted by molar-refractivity contribution is -0.160. The van der Waals surface area contributed by atoms with Crippen molar-refractivity contribution in [3.63, 3.8) is 0 Å². The van der Waals surface area contributed by atoms with Gasteiger partial charge in [0.15, 0.2) is 0 Å². The predicted octanol–water partition coefficient (Wildman–Crippen LogP) is 5.72. The minimum Gasteiger partial charge on any atom is -0.508 e. The van der Waals surface area contributed by atoms with Gasteiger partial charge in [-0.25, -0.2) is 0 Å². The molecular formula is C34H46N2O4. The number of unbranched alkanes of at least 4 members (excludes halogenated alkanes) is 2. The van der Waals surface area contributed by atoms with E-state index in [2.05, 4.69) is 35.2 Å². The molecular weight excluding hydrogens is 500 g/mol. The Kier molecular flexibility index (Phi) is 9.14. The van der Waals surface area contributed by atoms with Crippen molar-refractivity contribution < 1.29 is 19.4 Å². The number of likely N-dealkylation sites (tertiary alicyclic amines) is 1. The average Bonchev–Trinajstić information content (AvgIpc) is 3.77. The Hall–Kier alpha value is -2.86. The summed E-state index contributed by atoms with van der Waals surface area (Å²) in [6.45, 7) is 4.48. The first-order valence-corrected chi connectivity index (χ1v) is 15.3. The molecule has 3 fully saturated rings. The van der Waals surface area contributed by atoms with Crippen LogP contribution in [0, 0.1) is 11.8 Å². The number of piperidine rings is 1. The highest BCUT2D eigenvalue weighted by atomic mass is 16.5. The Balaban J connectivity index is 1.29. The Labute approximate surface area is 239 Å². The van der Waals surface area contributed by atoms with Crippen LogP contribution in [0.25, 0.3) is 0 Å². The zero-order valence-electron chi connectivity index (χ0n) is 24.3. The van der Waals surface area contributed by atoms with Gasteiger partial charge in [0.1, 0.15) is 11.9 Å². The molecule has 1 aliphatic heterocycles. The van der Waals surface area contributed by atoms with E-state index >= 15 is 0 Å². The number of phenolic OH excluding ortho intramolecular Hbond substituents is 1. The lowest BCUT2D eigenvalue weighted by Crippen LogP contribution is -2.61. The smallest absolute Gasteiger partial charge is 0.302 e. The molecule has 0 radical (unpaired) electrons. The summed E-state index contributed by atoms with van der Waals surface area (Å²) in [5.41, 5.74) is 2.19. The maximum Gasteiger partial charge on any atom is 0.302 e. The van der Waals surface area contributed by atoms with E-state index < -0.39 is 0 Å². The first-order valence-electron chi connectivity index (χ1n) is 15.3. The summed E-state index contributed by atoms with van der Waals surface area (Å²) in [6.07, 6.45) is 9.37. The number of aryl methyl sites for hydroxylation is 1. The fourth-order valence-electron chi connectivity index (χ4n) is 7.32. The Bertz CT molecular complexity index is 1150. The average molecular weight is 547 g/mol. The lowest BCUT2D eigenvalue weighted by Gasteiger charge is -2.56. The van der Waals surface area contributed by atoms with Gasteiger partial charge in [-0.1, -0.05) is 48.9 Å². The number of phenols is 1. The second-order valence-corrected chi connectivity index (χ2v) is 12.6. The highest BCUT2D eigenvalue weighted by Crippen LogP contribution is 2.52. The van der Waals surface area contributed by atoms with Crippen molar-refractivity contribution in [3.8, 4) is 5.75 Å². The van der Waals surface area contributed by atoms with Crippen molar-refractivity contribution >= 4 is 11.9 Å². The first kappa shape index (κ1) is 28.7. The van der Waals surface area contributed by atoms with Crippen LogP contribution in [0.15, 0.2) is 54.6 Å². The molecule has 1 heterocycles. The van der Waals surface area contributed by atoms with Gasteiger partial charge >= 0.3 is 5.97 Å². The maximum atomic E-state index is 13.4. The van der Waals surface area contributed by atoms with Gasteiger partial charge in [0.2, 0.25) is 5.91 Å². The molecule has 6 heteroatoms. The van der Waals surface area contributed by atoms with Crippen LogP contribution >= 0.6 is 0 Å². The summed E-state index contributed by atoms with van der Waals surface area (Å²) in [7, 11) is 1.93. The van der Waals surface area contributed by atoms with E-state index in [0.29, 0.717) is 12.8 Å². The summed E-state index contributed by atoms with van der Waals surface area (Å²) in [5, 5.41) is 10.4. The number of hydrogen-bond donors (Lipinski definition) is 1. The van der Waals surface area contributed by atoms with Crippen LogP contribution in [-0.2, 0) is 26.2 Å². The topological polar surface area (TPSA) is 70.1 Å².